The minimum absolute atomic E-state index is 0.159. The number of para-hydroxylation sites is 4. The fourth-order valence-corrected chi connectivity index (χ4v) is 13.7. The van der Waals surface area contributed by atoms with Gasteiger partial charge in [-0.1, -0.05) is 72.8 Å². The van der Waals surface area contributed by atoms with E-state index in [1.807, 2.05) is 0 Å². The van der Waals surface area contributed by atoms with E-state index in [9.17, 15) is 33.7 Å². The van der Waals surface area contributed by atoms with Crippen LogP contribution in [-0.4, -0.2) is 33.7 Å². The molecule has 8 bridgehead atoms. The smallest absolute Gasteiger partial charge is 0.238 e. The van der Waals surface area contributed by atoms with E-state index < -0.39 is 79.6 Å². The molecule has 0 spiro atoms. The van der Waals surface area contributed by atoms with Gasteiger partial charge in [-0.3, -0.25) is 19.6 Å². The molecule has 0 aromatic heterocycles. The summed E-state index contributed by atoms with van der Waals surface area (Å²) < 4.78 is 120. The molecule has 0 saturated carbocycles. The Morgan fingerprint density at radius 2 is 0.375 bits per heavy atom. The van der Waals surface area contributed by atoms with Crippen LogP contribution in [0.25, 0.3) is 0 Å². The minimum Gasteiger partial charge on any atom is -0.290 e. The fraction of sp³-hybridized carbons (Fsp3) is 0. The van der Waals surface area contributed by atoms with E-state index in [-0.39, 0.29) is 22.7 Å². The Bertz CT molecular complexity index is 2540. The first-order valence-electron chi connectivity index (χ1n) is 16.9. The zero-order chi connectivity index (χ0) is 39.0. The van der Waals surface area contributed by atoms with E-state index in [1.165, 1.54) is 97.1 Å². The third-order valence-corrected chi connectivity index (χ3v) is 16.5. The van der Waals surface area contributed by atoms with Crippen molar-refractivity contribution in [2.45, 2.75) is 0 Å². The summed E-state index contributed by atoms with van der Waals surface area (Å²) in [5.74, 6) is 0. The molecule has 280 valence electrons. The van der Waals surface area contributed by atoms with Gasteiger partial charge in [0.05, 0.1) is 0 Å². The highest BCUT2D eigenvalue weighted by molar-refractivity contribution is 8.02. The van der Waals surface area contributed by atoms with Crippen LogP contribution in [0.15, 0.2) is 210 Å². The SMILES string of the molecule is O=S1(=O)C2=CC=C1N(c1ccccc1)C1=CC=C(N(c3ccccc3)C3=CC=C(N(c4ccccc4)C4=CC=C(N2c2ccccc2)S4(=O)=O)S3(=O)=O)S1(=O)=O. The predicted octanol–water partition coefficient (Wildman–Crippen LogP) is 6.47. The normalized spacial score (nSPS) is 21.3. The number of sulfone groups is 4. The van der Waals surface area contributed by atoms with E-state index in [0.29, 0.717) is 0 Å². The highest BCUT2D eigenvalue weighted by atomic mass is 32.2. The lowest BCUT2D eigenvalue weighted by atomic mass is 10.3. The molecule has 5 aliphatic rings. The van der Waals surface area contributed by atoms with Crippen molar-refractivity contribution in [2.75, 3.05) is 19.6 Å². The molecule has 12 nitrogen and oxygen atoms in total. The summed E-state index contributed by atoms with van der Waals surface area (Å²) in [5.41, 5.74) is 0.637. The average molecular weight is 821 g/mol. The van der Waals surface area contributed by atoms with Gasteiger partial charge in [0.15, 0.2) is 0 Å². The molecular formula is C40H28N4O8S4. The zero-order valence-electron chi connectivity index (χ0n) is 28.9. The van der Waals surface area contributed by atoms with Crippen molar-refractivity contribution in [3.8, 4) is 0 Å². The van der Waals surface area contributed by atoms with Crippen molar-refractivity contribution < 1.29 is 33.7 Å². The molecule has 0 aliphatic carbocycles. The molecule has 4 aromatic carbocycles. The number of fused-ring (bicyclic) bond motifs is 8. The van der Waals surface area contributed by atoms with Crippen LogP contribution in [0.2, 0.25) is 0 Å². The van der Waals surface area contributed by atoms with Crippen LogP contribution < -0.4 is 19.6 Å². The number of rotatable bonds is 4. The molecule has 1 fully saturated rings. The number of benzene rings is 4. The van der Waals surface area contributed by atoms with Crippen LogP contribution in [0.1, 0.15) is 0 Å². The van der Waals surface area contributed by atoms with Gasteiger partial charge < -0.3 is 0 Å². The second-order valence-electron chi connectivity index (χ2n) is 12.7. The molecular weight excluding hydrogens is 793 g/mol. The number of hydrogen-bond donors (Lipinski definition) is 0. The van der Waals surface area contributed by atoms with Crippen molar-refractivity contribution in [2.24, 2.45) is 0 Å². The maximum atomic E-state index is 15.0. The maximum absolute atomic E-state index is 15.0. The Labute approximate surface area is 323 Å². The number of allylic oxidation sites excluding steroid dienone is 8. The molecule has 5 heterocycles. The van der Waals surface area contributed by atoms with Crippen LogP contribution in [0.4, 0.5) is 22.7 Å². The highest BCUT2D eigenvalue weighted by Gasteiger charge is 2.50. The third-order valence-electron chi connectivity index (χ3n) is 9.50. The molecule has 4 aromatic rings. The van der Waals surface area contributed by atoms with E-state index in [2.05, 4.69) is 0 Å². The topological polar surface area (TPSA) is 150 Å². The summed E-state index contributed by atoms with van der Waals surface area (Å²) in [4.78, 5) is 4.26. The molecule has 0 unspecified atom stereocenters. The van der Waals surface area contributed by atoms with Gasteiger partial charge in [0.25, 0.3) is 0 Å². The lowest BCUT2D eigenvalue weighted by molar-refractivity contribution is 0.605. The molecule has 0 atom stereocenters. The molecule has 1 saturated heterocycles. The first-order chi connectivity index (χ1) is 26.8. The lowest BCUT2D eigenvalue weighted by Gasteiger charge is -2.33. The zero-order valence-corrected chi connectivity index (χ0v) is 32.1. The van der Waals surface area contributed by atoms with Gasteiger partial charge in [0.2, 0.25) is 39.3 Å². The van der Waals surface area contributed by atoms with Crippen LogP contribution in [0.5, 0.6) is 0 Å². The van der Waals surface area contributed by atoms with Gasteiger partial charge in [-0.15, -0.1) is 0 Å². The number of anilines is 4. The fourth-order valence-electron chi connectivity index (χ4n) is 7.03. The molecule has 0 N–H and O–H groups in total. The number of hydrogen-bond acceptors (Lipinski definition) is 12. The van der Waals surface area contributed by atoms with E-state index >= 15 is 0 Å². The second kappa shape index (κ2) is 12.7. The van der Waals surface area contributed by atoms with E-state index in [0.717, 1.165) is 19.6 Å². The van der Waals surface area contributed by atoms with Crippen LogP contribution in [0, 0.1) is 0 Å². The molecule has 5 aliphatic heterocycles. The van der Waals surface area contributed by atoms with Crippen molar-refractivity contribution >= 4 is 62.1 Å². The standard InChI is InChI=1S/C40H28N4O8S4/c45-53(46)33-21-23-35(53)42(30-15-7-2-8-16-30)37-25-27-39(55(37,49)50)44(32-19-11-4-12-20-32)40-28-26-38(56(40,51)52)43(31-17-9-3-10-18-31)36-24-22-34(54(36,47)48)41(33)29-13-5-1-6-14-29/h1-28H. The summed E-state index contributed by atoms with van der Waals surface area (Å²) >= 11 is 0. The summed E-state index contributed by atoms with van der Waals surface area (Å²) in [6.07, 6.45) is 9.79. The Morgan fingerprint density at radius 1 is 0.232 bits per heavy atom. The van der Waals surface area contributed by atoms with E-state index in [1.54, 1.807) is 72.8 Å². The number of nitrogens with zero attached hydrogens (tertiary/aromatic N) is 4. The molecule has 16 heteroatoms. The summed E-state index contributed by atoms with van der Waals surface area (Å²) in [7, 11) is -18.9. The third kappa shape index (κ3) is 5.21. The minimum atomic E-state index is -4.73. The monoisotopic (exact) mass is 820 g/mol. The molecule has 9 rings (SSSR count). The molecule has 0 amide bonds. The van der Waals surface area contributed by atoms with Crippen molar-refractivity contribution in [3.05, 3.63) is 210 Å². The Balaban J connectivity index is 1.33. The van der Waals surface area contributed by atoms with Gasteiger partial charge in [-0.2, -0.15) is 0 Å². The van der Waals surface area contributed by atoms with E-state index in [4.69, 9.17) is 0 Å². The van der Waals surface area contributed by atoms with Gasteiger partial charge in [0, 0.05) is 22.7 Å². The first-order valence-corrected chi connectivity index (χ1v) is 22.9. The second-order valence-corrected chi connectivity index (χ2v) is 20.1. The Hall–Kier alpha value is -6.20. The van der Waals surface area contributed by atoms with Gasteiger partial charge >= 0.3 is 0 Å². The van der Waals surface area contributed by atoms with Gasteiger partial charge in [-0.05, 0) is 97.1 Å². The van der Waals surface area contributed by atoms with Crippen LogP contribution in [-0.2, 0) is 39.3 Å². The van der Waals surface area contributed by atoms with Crippen LogP contribution in [0.3, 0.4) is 0 Å². The van der Waals surface area contributed by atoms with Crippen molar-refractivity contribution in [3.63, 3.8) is 0 Å². The summed E-state index contributed by atoms with van der Waals surface area (Å²) in [6.45, 7) is 0. The van der Waals surface area contributed by atoms with Crippen molar-refractivity contribution in [1.82, 2.24) is 0 Å². The lowest BCUT2D eigenvalue weighted by Crippen LogP contribution is -2.38. The Morgan fingerprint density at radius 3 is 0.518 bits per heavy atom. The predicted molar refractivity (Wildman–Crippen MR) is 216 cm³/mol. The molecule has 56 heavy (non-hydrogen) atoms. The quantitative estimate of drug-likeness (QED) is 0.222. The molecule has 0 radical (unpaired) electrons. The Kier molecular flexibility index (Phi) is 8.03. The maximum Gasteiger partial charge on any atom is 0.238 e. The largest absolute Gasteiger partial charge is 0.290 e. The highest BCUT2D eigenvalue weighted by Crippen LogP contribution is 2.48. The van der Waals surface area contributed by atoms with Crippen molar-refractivity contribution in [1.29, 1.82) is 0 Å². The average Bonchev–Trinajstić information content (AvgIpc) is 3.87. The summed E-state index contributed by atoms with van der Waals surface area (Å²) in [6, 6.07) is 31.8. The van der Waals surface area contributed by atoms with Gasteiger partial charge in [-0.25, -0.2) is 33.7 Å². The summed E-state index contributed by atoms with van der Waals surface area (Å²) in [5, 5.41) is -3.82. The van der Waals surface area contributed by atoms with Crippen LogP contribution >= 0.6 is 0 Å². The first kappa shape index (κ1) is 35.5. The van der Waals surface area contributed by atoms with Gasteiger partial charge in [0.1, 0.15) is 40.2 Å².